The van der Waals surface area contributed by atoms with Crippen LogP contribution < -0.4 is 0 Å². The Morgan fingerprint density at radius 1 is 1.33 bits per heavy atom. The summed E-state index contributed by atoms with van der Waals surface area (Å²) >= 11 is 0. The molecule has 86 valence electrons. The molecule has 1 aliphatic heterocycles. The minimum absolute atomic E-state index is 0.170. The van der Waals surface area contributed by atoms with Crippen LogP contribution in [0.2, 0.25) is 0 Å². The maximum absolute atomic E-state index is 9.46. The SMILES string of the molecule is CCN(CC)C1(C#N)CCOC(C)(C)C1. The fourth-order valence-corrected chi connectivity index (χ4v) is 2.60. The van der Waals surface area contributed by atoms with Gasteiger partial charge in [-0.15, -0.1) is 0 Å². The summed E-state index contributed by atoms with van der Waals surface area (Å²) in [6.07, 6.45) is 1.63. The molecule has 1 fully saturated rings. The first-order valence-electron chi connectivity index (χ1n) is 5.80. The van der Waals surface area contributed by atoms with Crippen molar-refractivity contribution in [3.63, 3.8) is 0 Å². The lowest BCUT2D eigenvalue weighted by Gasteiger charge is -2.46. The van der Waals surface area contributed by atoms with Gasteiger partial charge in [0.1, 0.15) is 5.54 Å². The van der Waals surface area contributed by atoms with E-state index in [0.29, 0.717) is 6.61 Å². The zero-order chi connectivity index (χ0) is 11.5. The van der Waals surface area contributed by atoms with Gasteiger partial charge in [0.25, 0.3) is 0 Å². The van der Waals surface area contributed by atoms with Gasteiger partial charge in [0.05, 0.1) is 18.3 Å². The van der Waals surface area contributed by atoms with Crippen molar-refractivity contribution in [2.24, 2.45) is 0 Å². The summed E-state index contributed by atoms with van der Waals surface area (Å²) < 4.78 is 5.68. The highest BCUT2D eigenvalue weighted by atomic mass is 16.5. The molecule has 3 heteroatoms. The van der Waals surface area contributed by atoms with Gasteiger partial charge in [0.2, 0.25) is 0 Å². The molecule has 15 heavy (non-hydrogen) atoms. The van der Waals surface area contributed by atoms with Crippen molar-refractivity contribution >= 4 is 0 Å². The van der Waals surface area contributed by atoms with Crippen LogP contribution in [-0.4, -0.2) is 35.7 Å². The highest BCUT2D eigenvalue weighted by molar-refractivity contribution is 5.12. The smallest absolute Gasteiger partial charge is 0.114 e. The van der Waals surface area contributed by atoms with Crippen LogP contribution in [0.1, 0.15) is 40.5 Å². The number of ether oxygens (including phenoxy) is 1. The summed E-state index contributed by atoms with van der Waals surface area (Å²) in [6.45, 7) is 10.9. The fourth-order valence-electron chi connectivity index (χ4n) is 2.60. The maximum Gasteiger partial charge on any atom is 0.114 e. The van der Waals surface area contributed by atoms with Gasteiger partial charge in [0, 0.05) is 12.8 Å². The molecule has 1 rings (SSSR count). The molecule has 3 nitrogen and oxygen atoms in total. The van der Waals surface area contributed by atoms with Crippen molar-refractivity contribution in [3.8, 4) is 6.07 Å². The Hall–Kier alpha value is -0.590. The van der Waals surface area contributed by atoms with E-state index in [4.69, 9.17) is 4.74 Å². The number of hydrogen-bond acceptors (Lipinski definition) is 3. The number of nitrogens with zero attached hydrogens (tertiary/aromatic N) is 2. The molecule has 1 atom stereocenters. The lowest BCUT2D eigenvalue weighted by Crippen LogP contribution is -2.55. The van der Waals surface area contributed by atoms with Gasteiger partial charge in [0.15, 0.2) is 0 Å². The van der Waals surface area contributed by atoms with Crippen LogP contribution in [0, 0.1) is 11.3 Å². The van der Waals surface area contributed by atoms with Crippen LogP contribution >= 0.6 is 0 Å². The van der Waals surface area contributed by atoms with Crippen molar-refractivity contribution in [1.82, 2.24) is 4.90 Å². The molecule has 0 radical (unpaired) electrons. The summed E-state index contributed by atoms with van der Waals surface area (Å²) in [6, 6.07) is 2.52. The Kier molecular flexibility index (Phi) is 3.75. The van der Waals surface area contributed by atoms with Gasteiger partial charge in [-0.2, -0.15) is 5.26 Å². The van der Waals surface area contributed by atoms with Gasteiger partial charge >= 0.3 is 0 Å². The molecule has 0 aliphatic carbocycles. The minimum atomic E-state index is -0.314. The normalized spacial score (nSPS) is 30.1. The average molecular weight is 210 g/mol. The Balaban J connectivity index is 2.89. The third-order valence-electron chi connectivity index (χ3n) is 3.30. The third-order valence-corrected chi connectivity index (χ3v) is 3.30. The molecule has 1 saturated heterocycles. The molecule has 1 heterocycles. The number of hydrogen-bond donors (Lipinski definition) is 0. The molecular weight excluding hydrogens is 188 g/mol. The van der Waals surface area contributed by atoms with Crippen molar-refractivity contribution in [2.45, 2.75) is 51.7 Å². The van der Waals surface area contributed by atoms with Gasteiger partial charge in [-0.05, 0) is 26.9 Å². The van der Waals surface area contributed by atoms with Crippen LogP contribution in [0.4, 0.5) is 0 Å². The topological polar surface area (TPSA) is 36.3 Å². The zero-order valence-electron chi connectivity index (χ0n) is 10.3. The summed E-state index contributed by atoms with van der Waals surface area (Å²) in [5.41, 5.74) is -0.484. The predicted molar refractivity (Wildman–Crippen MR) is 60.5 cm³/mol. The van der Waals surface area contributed by atoms with Crippen LogP contribution in [0.25, 0.3) is 0 Å². The van der Waals surface area contributed by atoms with E-state index >= 15 is 0 Å². The van der Waals surface area contributed by atoms with Gasteiger partial charge in [-0.1, -0.05) is 13.8 Å². The van der Waals surface area contributed by atoms with E-state index in [0.717, 1.165) is 25.9 Å². The standard InChI is InChI=1S/C12H22N2O/c1-5-14(6-2)12(10-13)7-8-15-11(3,4)9-12/h5-9H2,1-4H3. The van der Waals surface area contributed by atoms with E-state index in [1.54, 1.807) is 0 Å². The molecule has 0 aromatic rings. The number of rotatable bonds is 3. The summed E-state index contributed by atoms with van der Waals surface area (Å²) in [7, 11) is 0. The Morgan fingerprint density at radius 2 is 1.93 bits per heavy atom. The monoisotopic (exact) mass is 210 g/mol. The molecule has 0 aromatic carbocycles. The first-order chi connectivity index (χ1) is 6.99. The average Bonchev–Trinajstić information content (AvgIpc) is 2.18. The minimum Gasteiger partial charge on any atom is -0.375 e. The van der Waals surface area contributed by atoms with Crippen LogP contribution in [-0.2, 0) is 4.74 Å². The van der Waals surface area contributed by atoms with Crippen molar-refractivity contribution in [2.75, 3.05) is 19.7 Å². The quantitative estimate of drug-likeness (QED) is 0.716. The van der Waals surface area contributed by atoms with E-state index in [-0.39, 0.29) is 11.1 Å². The molecule has 1 unspecified atom stereocenters. The van der Waals surface area contributed by atoms with Crippen LogP contribution in [0.3, 0.4) is 0 Å². The highest BCUT2D eigenvalue weighted by Gasteiger charge is 2.44. The molecule has 1 aliphatic rings. The molecular formula is C12H22N2O. The first-order valence-corrected chi connectivity index (χ1v) is 5.80. The summed E-state index contributed by atoms with van der Waals surface area (Å²) in [4.78, 5) is 2.26. The second kappa shape index (κ2) is 4.51. The van der Waals surface area contributed by atoms with Crippen molar-refractivity contribution in [1.29, 1.82) is 5.26 Å². The summed E-state index contributed by atoms with van der Waals surface area (Å²) in [5, 5.41) is 9.46. The second-order valence-corrected chi connectivity index (χ2v) is 4.85. The van der Waals surface area contributed by atoms with Crippen molar-refractivity contribution < 1.29 is 4.74 Å². The highest BCUT2D eigenvalue weighted by Crippen LogP contribution is 2.35. The molecule has 0 bridgehead atoms. The second-order valence-electron chi connectivity index (χ2n) is 4.85. The zero-order valence-corrected chi connectivity index (χ0v) is 10.3. The van der Waals surface area contributed by atoms with Crippen LogP contribution in [0.15, 0.2) is 0 Å². The van der Waals surface area contributed by atoms with Gasteiger partial charge in [-0.3, -0.25) is 4.90 Å². The molecule has 0 saturated carbocycles. The molecule has 0 spiro atoms. The van der Waals surface area contributed by atoms with Crippen LogP contribution in [0.5, 0.6) is 0 Å². The van der Waals surface area contributed by atoms with E-state index in [2.05, 4.69) is 38.7 Å². The van der Waals surface area contributed by atoms with E-state index < -0.39 is 0 Å². The fraction of sp³-hybridized carbons (Fsp3) is 0.917. The lowest BCUT2D eigenvalue weighted by molar-refractivity contribution is -0.102. The molecule has 0 aromatic heterocycles. The number of nitriles is 1. The Bertz CT molecular complexity index is 253. The Morgan fingerprint density at radius 3 is 2.33 bits per heavy atom. The van der Waals surface area contributed by atoms with Crippen molar-refractivity contribution in [3.05, 3.63) is 0 Å². The maximum atomic E-state index is 9.46. The van der Waals surface area contributed by atoms with E-state index in [1.807, 2.05) is 0 Å². The first kappa shape index (κ1) is 12.5. The van der Waals surface area contributed by atoms with E-state index in [9.17, 15) is 5.26 Å². The molecule has 0 N–H and O–H groups in total. The van der Waals surface area contributed by atoms with Gasteiger partial charge < -0.3 is 4.74 Å². The lowest BCUT2D eigenvalue weighted by atomic mass is 9.81. The van der Waals surface area contributed by atoms with E-state index in [1.165, 1.54) is 0 Å². The molecule has 0 amide bonds. The largest absolute Gasteiger partial charge is 0.375 e. The predicted octanol–water partition coefficient (Wildman–Crippen LogP) is 2.18. The van der Waals surface area contributed by atoms with Gasteiger partial charge in [-0.25, -0.2) is 0 Å². The summed E-state index contributed by atoms with van der Waals surface area (Å²) in [5.74, 6) is 0. The Labute approximate surface area is 93.0 Å². The third kappa shape index (κ3) is 2.50.